The molecule has 0 aliphatic heterocycles. The van der Waals surface area contributed by atoms with E-state index in [4.69, 9.17) is 0 Å². The number of amides is 2. The molecule has 0 unspecified atom stereocenters. The Bertz CT molecular complexity index is 143. The van der Waals surface area contributed by atoms with Gasteiger partial charge in [0, 0.05) is 13.6 Å². The second-order valence-corrected chi connectivity index (χ2v) is 1.99. The summed E-state index contributed by atoms with van der Waals surface area (Å²) < 4.78 is 8.68. The van der Waals surface area contributed by atoms with Crippen molar-refractivity contribution in [1.82, 2.24) is 10.6 Å². The highest BCUT2D eigenvalue weighted by molar-refractivity contribution is 5.66. The van der Waals surface area contributed by atoms with Gasteiger partial charge in [-0.15, -0.1) is 0 Å². The molecule has 84 valence electrons. The molecule has 2 amide bonds. The third kappa shape index (κ3) is 13.2. The molecule has 0 radical (unpaired) electrons. The van der Waals surface area contributed by atoms with Gasteiger partial charge in [0.25, 0.3) is 0 Å². The van der Waals surface area contributed by atoms with Gasteiger partial charge in [-0.05, 0) is 13.8 Å². The molecule has 0 heterocycles. The molecule has 2 N–H and O–H groups in total. The molecule has 0 bridgehead atoms. The molecule has 0 aliphatic carbocycles. The maximum atomic E-state index is 10.1. The molecule has 0 rings (SSSR count). The number of alkyl carbamates (subject to hydrolysis) is 2. The monoisotopic (exact) mass is 206 g/mol. The second-order valence-electron chi connectivity index (χ2n) is 1.99. The average molecular weight is 206 g/mol. The van der Waals surface area contributed by atoms with Gasteiger partial charge in [0.1, 0.15) is 0 Å². The normalized spacial score (nSPS) is 7.71. The predicted octanol–water partition coefficient (Wildman–Crippen LogP) is 0.725. The first-order valence-electron chi connectivity index (χ1n) is 4.28. The predicted molar refractivity (Wildman–Crippen MR) is 52.2 cm³/mol. The van der Waals surface area contributed by atoms with E-state index in [1.165, 1.54) is 14.2 Å². The van der Waals surface area contributed by atoms with Crippen LogP contribution in [0.1, 0.15) is 13.8 Å². The smallest absolute Gasteiger partial charge is 0.406 e. The lowest BCUT2D eigenvalue weighted by Crippen LogP contribution is -2.21. The van der Waals surface area contributed by atoms with Crippen LogP contribution in [0.15, 0.2) is 0 Å². The van der Waals surface area contributed by atoms with Gasteiger partial charge in [-0.2, -0.15) is 0 Å². The Labute approximate surface area is 83.9 Å². The first-order chi connectivity index (χ1) is 6.62. The van der Waals surface area contributed by atoms with E-state index in [2.05, 4.69) is 20.1 Å². The third-order valence-electron chi connectivity index (χ3n) is 0.986. The van der Waals surface area contributed by atoms with Gasteiger partial charge < -0.3 is 20.1 Å². The van der Waals surface area contributed by atoms with Gasteiger partial charge in [-0.25, -0.2) is 9.59 Å². The van der Waals surface area contributed by atoms with Crippen LogP contribution in [-0.2, 0) is 9.47 Å². The van der Waals surface area contributed by atoms with Crippen LogP contribution >= 0.6 is 0 Å². The minimum atomic E-state index is -0.373. The zero-order valence-electron chi connectivity index (χ0n) is 9.05. The number of rotatable bonds is 2. The fourth-order valence-electron chi connectivity index (χ4n) is 0.420. The Morgan fingerprint density at radius 1 is 1.21 bits per heavy atom. The summed E-state index contributed by atoms with van der Waals surface area (Å²) in [5.41, 5.74) is 0. The summed E-state index contributed by atoms with van der Waals surface area (Å²) in [5, 5.41) is 4.74. The summed E-state index contributed by atoms with van der Waals surface area (Å²) in [6, 6.07) is 0. The first-order valence-corrected chi connectivity index (χ1v) is 4.28. The number of methoxy groups -OCH3 is 1. The van der Waals surface area contributed by atoms with Crippen LogP contribution < -0.4 is 10.6 Å². The van der Waals surface area contributed by atoms with Gasteiger partial charge >= 0.3 is 12.2 Å². The Hall–Kier alpha value is -1.46. The van der Waals surface area contributed by atoms with E-state index in [0.29, 0.717) is 13.2 Å². The average Bonchev–Trinajstić information content (AvgIpc) is 2.19. The van der Waals surface area contributed by atoms with Crippen LogP contribution in [0, 0.1) is 0 Å². The number of nitrogens with one attached hydrogen (secondary N) is 2. The summed E-state index contributed by atoms with van der Waals surface area (Å²) >= 11 is 0. The van der Waals surface area contributed by atoms with Gasteiger partial charge in [-0.3, -0.25) is 0 Å². The van der Waals surface area contributed by atoms with Crippen molar-refractivity contribution in [2.45, 2.75) is 13.8 Å². The molecule has 0 saturated carbocycles. The van der Waals surface area contributed by atoms with Gasteiger partial charge in [0.2, 0.25) is 0 Å². The van der Waals surface area contributed by atoms with Crippen molar-refractivity contribution in [2.75, 3.05) is 27.3 Å². The minimum Gasteiger partial charge on any atom is -0.453 e. The topological polar surface area (TPSA) is 76.7 Å². The highest BCUT2D eigenvalue weighted by atomic mass is 16.5. The lowest BCUT2D eigenvalue weighted by atomic mass is 10.8. The number of carbonyl (C=O) groups excluding carboxylic acids is 2. The Kier molecular flexibility index (Phi) is 12.4. The molecule has 14 heavy (non-hydrogen) atoms. The molecule has 0 aromatic heterocycles. The van der Waals surface area contributed by atoms with E-state index in [0.717, 1.165) is 0 Å². The molecule has 0 saturated heterocycles. The van der Waals surface area contributed by atoms with Crippen LogP contribution in [-0.4, -0.2) is 39.5 Å². The second kappa shape index (κ2) is 11.5. The molecule has 6 heteroatoms. The van der Waals surface area contributed by atoms with Crippen LogP contribution in [0.5, 0.6) is 0 Å². The molecule has 0 aliphatic rings. The van der Waals surface area contributed by atoms with Gasteiger partial charge in [0.05, 0.1) is 13.7 Å². The molecular weight excluding hydrogens is 188 g/mol. The highest BCUT2D eigenvalue weighted by Gasteiger charge is 1.89. The molecule has 0 spiro atoms. The first kappa shape index (κ1) is 15.0. The minimum absolute atomic E-state index is 0.373. The maximum Gasteiger partial charge on any atom is 0.406 e. The maximum absolute atomic E-state index is 10.1. The molecular formula is C8H18N2O4. The van der Waals surface area contributed by atoms with Crippen LogP contribution in [0.25, 0.3) is 0 Å². The van der Waals surface area contributed by atoms with E-state index in [-0.39, 0.29) is 12.2 Å². The van der Waals surface area contributed by atoms with Crippen LogP contribution in [0.2, 0.25) is 0 Å². The Balaban J connectivity index is 0. The van der Waals surface area contributed by atoms with Gasteiger partial charge in [0.15, 0.2) is 0 Å². The third-order valence-corrected chi connectivity index (χ3v) is 0.986. The molecule has 0 aromatic carbocycles. The Morgan fingerprint density at radius 2 is 1.79 bits per heavy atom. The molecule has 6 nitrogen and oxygen atoms in total. The quantitative estimate of drug-likeness (QED) is 0.698. The van der Waals surface area contributed by atoms with E-state index < -0.39 is 0 Å². The number of carbonyl (C=O) groups is 2. The van der Waals surface area contributed by atoms with E-state index >= 15 is 0 Å². The fraction of sp³-hybridized carbons (Fsp3) is 0.750. The number of hydrogen-bond donors (Lipinski definition) is 2. The lowest BCUT2D eigenvalue weighted by molar-refractivity contribution is 0.154. The summed E-state index contributed by atoms with van der Waals surface area (Å²) in [5.74, 6) is 0. The van der Waals surface area contributed by atoms with E-state index in [1.54, 1.807) is 6.92 Å². The molecule has 0 fully saturated rings. The van der Waals surface area contributed by atoms with Crippen LogP contribution in [0.4, 0.5) is 9.59 Å². The van der Waals surface area contributed by atoms with Crippen molar-refractivity contribution in [2.24, 2.45) is 0 Å². The Morgan fingerprint density at radius 3 is 1.93 bits per heavy atom. The van der Waals surface area contributed by atoms with Crippen molar-refractivity contribution in [3.05, 3.63) is 0 Å². The van der Waals surface area contributed by atoms with E-state index in [9.17, 15) is 9.59 Å². The van der Waals surface area contributed by atoms with Crippen molar-refractivity contribution in [1.29, 1.82) is 0 Å². The fourth-order valence-corrected chi connectivity index (χ4v) is 0.420. The standard InChI is InChI=1S/2C4H9NO2/c1-3-5-4(6)7-2;1-3-7-4(6)5-2/h2*3H2,1-2H3,(H,5,6). The van der Waals surface area contributed by atoms with E-state index in [1.807, 2.05) is 6.92 Å². The zero-order chi connectivity index (χ0) is 11.4. The number of ether oxygens (including phenoxy) is 2. The molecule has 0 aromatic rings. The summed E-state index contributed by atoms with van der Waals surface area (Å²) in [6.07, 6.45) is -0.745. The van der Waals surface area contributed by atoms with Gasteiger partial charge in [-0.1, -0.05) is 0 Å². The largest absolute Gasteiger partial charge is 0.453 e. The van der Waals surface area contributed by atoms with Crippen molar-refractivity contribution >= 4 is 12.2 Å². The van der Waals surface area contributed by atoms with Crippen molar-refractivity contribution in [3.8, 4) is 0 Å². The summed E-state index contributed by atoms with van der Waals surface area (Å²) in [6.45, 7) is 4.64. The zero-order valence-corrected chi connectivity index (χ0v) is 9.05. The summed E-state index contributed by atoms with van der Waals surface area (Å²) in [7, 11) is 2.86. The summed E-state index contributed by atoms with van der Waals surface area (Å²) in [4.78, 5) is 20.2. The van der Waals surface area contributed by atoms with Crippen LogP contribution in [0.3, 0.4) is 0 Å². The molecule has 0 atom stereocenters. The highest BCUT2D eigenvalue weighted by Crippen LogP contribution is 1.70. The SMILES string of the molecule is CCNC(=O)OC.CCOC(=O)NC. The van der Waals surface area contributed by atoms with Crippen molar-refractivity contribution in [3.63, 3.8) is 0 Å². The lowest BCUT2D eigenvalue weighted by Gasteiger charge is -1.95. The van der Waals surface area contributed by atoms with Crippen molar-refractivity contribution < 1.29 is 19.1 Å². The number of hydrogen-bond acceptors (Lipinski definition) is 4.